The molecule has 0 aliphatic rings. The highest BCUT2D eigenvalue weighted by molar-refractivity contribution is 7.89. The van der Waals surface area contributed by atoms with Crippen LogP contribution in [0.3, 0.4) is 0 Å². The van der Waals surface area contributed by atoms with E-state index in [2.05, 4.69) is 9.72 Å². The third-order valence-electron chi connectivity index (χ3n) is 1.72. The van der Waals surface area contributed by atoms with Crippen LogP contribution < -0.4 is 15.6 Å². The zero-order chi connectivity index (χ0) is 12.5. The maximum atomic E-state index is 12.4. The van der Waals surface area contributed by atoms with Crippen LogP contribution in [0.5, 0.6) is 5.88 Å². The van der Waals surface area contributed by atoms with Gasteiger partial charge >= 0.3 is 0 Å². The number of nitrogen functional groups attached to an aromatic ring is 1. The molecule has 6 nitrogen and oxygen atoms in total. The minimum absolute atomic E-state index is 0.458. The molecule has 9 heteroatoms. The number of rotatable bonds is 3. The molecule has 0 saturated carbocycles. The number of nitrogens with zero attached hydrogens (tertiary/aromatic N) is 1. The molecule has 0 atom stereocenters. The van der Waals surface area contributed by atoms with Gasteiger partial charge in [0.25, 0.3) is 6.43 Å². The minimum Gasteiger partial charge on any atom is -0.480 e. The lowest BCUT2D eigenvalue weighted by molar-refractivity contribution is 0.145. The fourth-order valence-corrected chi connectivity index (χ4v) is 1.69. The van der Waals surface area contributed by atoms with Crippen molar-refractivity contribution < 1.29 is 21.9 Å². The molecule has 1 heterocycles. The summed E-state index contributed by atoms with van der Waals surface area (Å²) in [5.74, 6) is -0.507. The number of nitrogens with two attached hydrogens (primary N) is 2. The highest BCUT2D eigenvalue weighted by Crippen LogP contribution is 2.30. The summed E-state index contributed by atoms with van der Waals surface area (Å²) in [5, 5.41) is 4.84. The Morgan fingerprint density at radius 3 is 2.44 bits per heavy atom. The Morgan fingerprint density at radius 2 is 2.06 bits per heavy atom. The van der Waals surface area contributed by atoms with E-state index in [9.17, 15) is 17.2 Å². The van der Waals surface area contributed by atoms with Crippen molar-refractivity contribution in [3.8, 4) is 5.88 Å². The predicted octanol–water partition coefficient (Wildman–Crippen LogP) is 0.257. The van der Waals surface area contributed by atoms with Crippen LogP contribution in [0, 0.1) is 0 Å². The van der Waals surface area contributed by atoms with Gasteiger partial charge < -0.3 is 10.5 Å². The van der Waals surface area contributed by atoms with Gasteiger partial charge in [-0.2, -0.15) is 0 Å². The summed E-state index contributed by atoms with van der Waals surface area (Å²) in [6, 6.07) is 0.794. The Labute approximate surface area is 90.3 Å². The lowest BCUT2D eigenvalue weighted by Crippen LogP contribution is -2.15. The molecule has 0 radical (unpaired) electrons. The highest BCUT2D eigenvalue weighted by atomic mass is 32.2. The summed E-state index contributed by atoms with van der Waals surface area (Å²) < 4.78 is 51.5. The molecular formula is C7H9F2N3O3S. The van der Waals surface area contributed by atoms with Gasteiger partial charge in [-0.15, -0.1) is 0 Å². The van der Waals surface area contributed by atoms with Crippen LogP contribution in [0.25, 0.3) is 0 Å². The first kappa shape index (κ1) is 12.6. The predicted molar refractivity (Wildman–Crippen MR) is 51.5 cm³/mol. The molecule has 0 amide bonds. The Morgan fingerprint density at radius 1 is 1.50 bits per heavy atom. The number of sulfonamides is 1. The Bertz CT molecular complexity index is 504. The van der Waals surface area contributed by atoms with Crippen molar-refractivity contribution in [3.63, 3.8) is 0 Å². The smallest absolute Gasteiger partial charge is 0.282 e. The van der Waals surface area contributed by atoms with E-state index < -0.39 is 38.6 Å². The molecule has 16 heavy (non-hydrogen) atoms. The summed E-state index contributed by atoms with van der Waals surface area (Å²) >= 11 is 0. The van der Waals surface area contributed by atoms with Gasteiger partial charge in [0.2, 0.25) is 15.9 Å². The van der Waals surface area contributed by atoms with Crippen LogP contribution in [-0.4, -0.2) is 20.5 Å². The molecule has 0 aliphatic heterocycles. The van der Waals surface area contributed by atoms with Crippen LogP contribution in [0.2, 0.25) is 0 Å². The van der Waals surface area contributed by atoms with Crippen LogP contribution in [0.15, 0.2) is 11.0 Å². The van der Waals surface area contributed by atoms with E-state index in [1.54, 1.807) is 0 Å². The number of alkyl halides is 2. The quantitative estimate of drug-likeness (QED) is 0.803. The SMILES string of the molecule is COc1nc(C(F)F)c(N)cc1S(N)(=O)=O. The molecule has 1 aromatic rings. The highest BCUT2D eigenvalue weighted by Gasteiger charge is 2.22. The van der Waals surface area contributed by atoms with Gasteiger partial charge in [0.05, 0.1) is 12.8 Å². The number of hydrogen-bond donors (Lipinski definition) is 2. The third-order valence-corrected chi connectivity index (χ3v) is 2.63. The van der Waals surface area contributed by atoms with Gasteiger partial charge in [-0.25, -0.2) is 27.3 Å². The van der Waals surface area contributed by atoms with Crippen LogP contribution in [0.4, 0.5) is 14.5 Å². The van der Waals surface area contributed by atoms with E-state index in [-0.39, 0.29) is 0 Å². The van der Waals surface area contributed by atoms with Gasteiger partial charge in [-0.05, 0) is 6.07 Å². The van der Waals surface area contributed by atoms with Crippen LogP contribution >= 0.6 is 0 Å². The summed E-state index contributed by atoms with van der Waals surface area (Å²) in [7, 11) is -3.04. The molecule has 1 rings (SSSR count). The normalized spacial score (nSPS) is 11.8. The Hall–Kier alpha value is -1.48. The maximum Gasteiger partial charge on any atom is 0.282 e. The Kier molecular flexibility index (Phi) is 3.29. The first-order valence-electron chi connectivity index (χ1n) is 3.92. The second-order valence-electron chi connectivity index (χ2n) is 2.82. The molecule has 1 aromatic heterocycles. The van der Waals surface area contributed by atoms with Crippen molar-refractivity contribution in [1.82, 2.24) is 4.98 Å². The first-order valence-corrected chi connectivity index (χ1v) is 5.47. The zero-order valence-electron chi connectivity index (χ0n) is 8.15. The number of aromatic nitrogens is 1. The number of halogens is 2. The van der Waals surface area contributed by atoms with E-state index >= 15 is 0 Å². The Balaban J connectivity index is 3.51. The molecule has 0 aliphatic carbocycles. The second-order valence-corrected chi connectivity index (χ2v) is 4.35. The fourth-order valence-electron chi connectivity index (χ4n) is 1.03. The van der Waals surface area contributed by atoms with Crippen LogP contribution in [0.1, 0.15) is 12.1 Å². The standard InChI is InChI=1S/C7H9F2N3O3S/c1-15-7-4(16(11,13)14)2-3(10)5(12-7)6(8)9/h2,6H,10H2,1H3,(H2,11,13,14). The number of anilines is 1. The lowest BCUT2D eigenvalue weighted by atomic mass is 10.3. The van der Waals surface area contributed by atoms with Gasteiger partial charge in [-0.3, -0.25) is 0 Å². The van der Waals surface area contributed by atoms with E-state index in [4.69, 9.17) is 10.9 Å². The van der Waals surface area contributed by atoms with E-state index in [1.165, 1.54) is 0 Å². The summed E-state index contributed by atoms with van der Waals surface area (Å²) in [5.41, 5.74) is 4.02. The number of ether oxygens (including phenoxy) is 1. The van der Waals surface area contributed by atoms with Crippen molar-refractivity contribution in [2.75, 3.05) is 12.8 Å². The van der Waals surface area contributed by atoms with Crippen LogP contribution in [-0.2, 0) is 10.0 Å². The third kappa shape index (κ3) is 2.36. The van der Waals surface area contributed by atoms with Crippen molar-refractivity contribution >= 4 is 15.7 Å². The minimum atomic E-state index is -4.12. The molecule has 90 valence electrons. The summed E-state index contributed by atoms with van der Waals surface area (Å²) in [6.45, 7) is 0. The fraction of sp³-hybridized carbons (Fsp3) is 0.286. The van der Waals surface area contributed by atoms with Crippen molar-refractivity contribution in [3.05, 3.63) is 11.8 Å². The first-order chi connectivity index (χ1) is 7.27. The van der Waals surface area contributed by atoms with E-state index in [0.717, 1.165) is 13.2 Å². The number of pyridine rings is 1. The van der Waals surface area contributed by atoms with Gasteiger partial charge in [0.15, 0.2) is 0 Å². The number of hydrogen-bond acceptors (Lipinski definition) is 5. The molecule has 0 spiro atoms. The zero-order valence-corrected chi connectivity index (χ0v) is 8.96. The largest absolute Gasteiger partial charge is 0.480 e. The summed E-state index contributed by atoms with van der Waals surface area (Å²) in [4.78, 5) is 2.77. The maximum absolute atomic E-state index is 12.4. The van der Waals surface area contributed by atoms with Crippen molar-refractivity contribution in [2.24, 2.45) is 5.14 Å². The second kappa shape index (κ2) is 4.18. The topological polar surface area (TPSA) is 108 Å². The molecule has 0 fully saturated rings. The molecule has 0 aromatic carbocycles. The summed E-state index contributed by atoms with van der Waals surface area (Å²) in [6.07, 6.45) is -2.93. The molecule has 0 unspecified atom stereocenters. The van der Waals surface area contributed by atoms with Gasteiger partial charge in [-0.1, -0.05) is 0 Å². The van der Waals surface area contributed by atoms with E-state index in [0.29, 0.717) is 0 Å². The molecule has 0 bridgehead atoms. The van der Waals surface area contributed by atoms with Crippen molar-refractivity contribution in [2.45, 2.75) is 11.3 Å². The van der Waals surface area contributed by atoms with Gasteiger partial charge in [0.1, 0.15) is 10.6 Å². The number of primary sulfonamides is 1. The van der Waals surface area contributed by atoms with E-state index in [1.807, 2.05) is 0 Å². The average molecular weight is 253 g/mol. The van der Waals surface area contributed by atoms with Gasteiger partial charge in [0, 0.05) is 0 Å². The average Bonchev–Trinajstić information content (AvgIpc) is 2.15. The molecular weight excluding hydrogens is 244 g/mol. The molecule has 0 saturated heterocycles. The molecule has 4 N–H and O–H groups in total. The monoisotopic (exact) mass is 253 g/mol. The lowest BCUT2D eigenvalue weighted by Gasteiger charge is -2.10. The van der Waals surface area contributed by atoms with Crippen molar-refractivity contribution in [1.29, 1.82) is 0 Å². The number of methoxy groups -OCH3 is 1.